The third-order valence-corrected chi connectivity index (χ3v) is 5.04. The fourth-order valence-electron chi connectivity index (χ4n) is 3.31. The number of benzene rings is 1. The van der Waals surface area contributed by atoms with Gasteiger partial charge in [0.2, 0.25) is 0 Å². The van der Waals surface area contributed by atoms with Gasteiger partial charge in [-0.3, -0.25) is 4.79 Å². The van der Waals surface area contributed by atoms with Gasteiger partial charge in [0.05, 0.1) is 0 Å². The second kappa shape index (κ2) is 6.52. The first-order valence-corrected chi connectivity index (χ1v) is 8.89. The van der Waals surface area contributed by atoms with Crippen LogP contribution < -0.4 is 20.4 Å². The number of carbonyl (C=O) groups excluding carboxylic acids is 1. The number of ether oxygens (including phenoxy) is 2. The third-order valence-electron chi connectivity index (χ3n) is 5.04. The van der Waals surface area contributed by atoms with Gasteiger partial charge in [-0.15, -0.1) is 0 Å². The number of fused-ring (bicyclic) bond motifs is 1. The van der Waals surface area contributed by atoms with E-state index in [1.807, 2.05) is 19.1 Å². The van der Waals surface area contributed by atoms with Gasteiger partial charge in [0, 0.05) is 17.7 Å². The van der Waals surface area contributed by atoms with E-state index in [1.165, 1.54) is 0 Å². The summed E-state index contributed by atoms with van der Waals surface area (Å²) in [7, 11) is 0. The third kappa shape index (κ3) is 2.96. The largest absolute Gasteiger partial charge is 0.486 e. The van der Waals surface area contributed by atoms with E-state index in [0.717, 1.165) is 24.8 Å². The summed E-state index contributed by atoms with van der Waals surface area (Å²) in [6.45, 7) is 4.61. The van der Waals surface area contributed by atoms with Crippen LogP contribution in [0.5, 0.6) is 11.5 Å². The average Bonchev–Trinajstić information content (AvgIpc) is 2.53. The molecule has 1 amide bonds. The van der Waals surface area contributed by atoms with Crippen molar-refractivity contribution in [3.63, 3.8) is 0 Å². The molecule has 1 aliphatic carbocycles. The number of hydrogen-bond acceptors (Lipinski definition) is 5. The Bertz CT molecular complexity index is 927. The molecule has 0 bridgehead atoms. The maximum Gasteiger partial charge on any atom is 0.349 e. The van der Waals surface area contributed by atoms with Crippen molar-refractivity contribution in [3.8, 4) is 11.5 Å². The van der Waals surface area contributed by atoms with Crippen molar-refractivity contribution in [2.24, 2.45) is 0 Å². The van der Waals surface area contributed by atoms with Crippen molar-refractivity contribution in [1.82, 2.24) is 0 Å². The normalized spacial score (nSPS) is 16.1. The van der Waals surface area contributed by atoms with Gasteiger partial charge in [-0.2, -0.15) is 0 Å². The molecule has 1 aromatic heterocycles. The molecule has 1 N–H and O–H groups in total. The van der Waals surface area contributed by atoms with Crippen LogP contribution in [0.3, 0.4) is 0 Å². The summed E-state index contributed by atoms with van der Waals surface area (Å²) in [5.74, 6) is 1.76. The average molecular weight is 355 g/mol. The van der Waals surface area contributed by atoms with Gasteiger partial charge < -0.3 is 19.2 Å². The summed E-state index contributed by atoms with van der Waals surface area (Å²) in [4.78, 5) is 25.1. The maximum atomic E-state index is 12.7. The van der Waals surface area contributed by atoms with Crippen LogP contribution in [0.25, 0.3) is 0 Å². The van der Waals surface area contributed by atoms with Crippen LogP contribution in [0.15, 0.2) is 27.4 Å². The van der Waals surface area contributed by atoms with Gasteiger partial charge >= 0.3 is 5.63 Å². The zero-order valence-electron chi connectivity index (χ0n) is 14.9. The molecule has 0 unspecified atom stereocenters. The summed E-state index contributed by atoms with van der Waals surface area (Å²) >= 11 is 0. The minimum absolute atomic E-state index is 0.0439. The molecule has 6 nitrogen and oxygen atoms in total. The summed E-state index contributed by atoms with van der Waals surface area (Å²) < 4.78 is 16.5. The van der Waals surface area contributed by atoms with Gasteiger partial charge in [-0.25, -0.2) is 4.79 Å². The van der Waals surface area contributed by atoms with Gasteiger partial charge in [-0.1, -0.05) is 6.42 Å². The van der Waals surface area contributed by atoms with Crippen molar-refractivity contribution >= 4 is 11.6 Å². The molecule has 4 rings (SSSR count). The molecule has 26 heavy (non-hydrogen) atoms. The lowest BCUT2D eigenvalue weighted by molar-refractivity contribution is 0.102. The monoisotopic (exact) mass is 355 g/mol. The van der Waals surface area contributed by atoms with E-state index in [2.05, 4.69) is 5.32 Å². The van der Waals surface area contributed by atoms with Crippen LogP contribution in [-0.2, 0) is 0 Å². The quantitative estimate of drug-likeness (QED) is 0.911. The molecule has 0 atom stereocenters. The van der Waals surface area contributed by atoms with Crippen LogP contribution >= 0.6 is 0 Å². The SMILES string of the molecule is Cc1cc2c(cc1NC(=O)c1c(C)cc(C3CCC3)oc1=O)OCCO2. The van der Waals surface area contributed by atoms with Gasteiger partial charge in [0.25, 0.3) is 5.91 Å². The van der Waals surface area contributed by atoms with Gasteiger partial charge in [0.15, 0.2) is 11.5 Å². The molecule has 2 aliphatic rings. The highest BCUT2D eigenvalue weighted by Gasteiger charge is 2.25. The van der Waals surface area contributed by atoms with Gasteiger partial charge in [-0.05, 0) is 49.9 Å². The minimum atomic E-state index is -0.584. The van der Waals surface area contributed by atoms with Crippen molar-refractivity contribution in [2.45, 2.75) is 39.0 Å². The molecule has 0 spiro atoms. The molecular formula is C20H21NO5. The first kappa shape index (κ1) is 16.7. The number of rotatable bonds is 3. The van der Waals surface area contributed by atoms with E-state index in [0.29, 0.717) is 47.6 Å². The number of carbonyl (C=O) groups is 1. The molecular weight excluding hydrogens is 334 g/mol. The van der Waals surface area contributed by atoms with Crippen molar-refractivity contribution in [1.29, 1.82) is 0 Å². The molecule has 6 heteroatoms. The highest BCUT2D eigenvalue weighted by molar-refractivity contribution is 6.05. The fraction of sp³-hybridized carbons (Fsp3) is 0.400. The summed E-state index contributed by atoms with van der Waals surface area (Å²) in [6.07, 6.45) is 3.22. The van der Waals surface area contributed by atoms with Crippen LogP contribution in [0, 0.1) is 13.8 Å². The predicted molar refractivity (Wildman–Crippen MR) is 96.4 cm³/mol. The molecule has 1 fully saturated rings. The first-order chi connectivity index (χ1) is 12.5. The highest BCUT2D eigenvalue weighted by Crippen LogP contribution is 2.37. The topological polar surface area (TPSA) is 77.8 Å². The van der Waals surface area contributed by atoms with Crippen molar-refractivity contribution < 1.29 is 18.7 Å². The Hall–Kier alpha value is -2.76. The Balaban J connectivity index is 1.61. The Morgan fingerprint density at radius 3 is 2.35 bits per heavy atom. The Kier molecular flexibility index (Phi) is 4.18. The lowest BCUT2D eigenvalue weighted by Crippen LogP contribution is -2.24. The summed E-state index contributed by atoms with van der Waals surface area (Å²) in [5, 5.41) is 2.80. The van der Waals surface area contributed by atoms with Crippen molar-refractivity contribution in [2.75, 3.05) is 18.5 Å². The molecule has 2 heterocycles. The summed E-state index contributed by atoms with van der Waals surface area (Å²) in [6, 6.07) is 5.36. The maximum absolute atomic E-state index is 12.7. The van der Waals surface area contributed by atoms with E-state index in [1.54, 1.807) is 13.0 Å². The fourth-order valence-corrected chi connectivity index (χ4v) is 3.31. The van der Waals surface area contributed by atoms with Gasteiger partial charge in [0.1, 0.15) is 24.5 Å². The number of amides is 1. The highest BCUT2D eigenvalue weighted by atomic mass is 16.6. The number of anilines is 1. The lowest BCUT2D eigenvalue weighted by atomic mass is 9.83. The van der Waals surface area contributed by atoms with E-state index >= 15 is 0 Å². The Morgan fingerprint density at radius 1 is 1.04 bits per heavy atom. The molecule has 1 saturated carbocycles. The predicted octanol–water partition coefficient (Wildman–Crippen LogP) is 3.55. The minimum Gasteiger partial charge on any atom is -0.486 e. The number of hydrogen-bond donors (Lipinski definition) is 1. The van der Waals surface area contributed by atoms with Crippen LogP contribution in [0.4, 0.5) is 5.69 Å². The lowest BCUT2D eigenvalue weighted by Gasteiger charge is -2.24. The second-order valence-corrected chi connectivity index (χ2v) is 6.89. The molecule has 1 aliphatic heterocycles. The summed E-state index contributed by atoms with van der Waals surface area (Å²) in [5.41, 5.74) is 1.51. The zero-order chi connectivity index (χ0) is 18.3. The van der Waals surface area contributed by atoms with E-state index in [4.69, 9.17) is 13.9 Å². The first-order valence-electron chi connectivity index (χ1n) is 8.89. The van der Waals surface area contributed by atoms with Crippen LogP contribution in [-0.4, -0.2) is 19.1 Å². The molecule has 0 saturated heterocycles. The van der Waals surface area contributed by atoms with Crippen LogP contribution in [0.2, 0.25) is 0 Å². The smallest absolute Gasteiger partial charge is 0.349 e. The standard InChI is InChI=1S/C20H21NO5/c1-11-8-16-17(25-7-6-24-16)10-14(11)21-19(22)18-12(2)9-15(26-20(18)23)13-4-3-5-13/h8-10,13H,3-7H2,1-2H3,(H,21,22). The molecule has 2 aromatic rings. The zero-order valence-corrected chi connectivity index (χ0v) is 14.9. The second-order valence-electron chi connectivity index (χ2n) is 6.89. The van der Waals surface area contributed by atoms with E-state index in [-0.39, 0.29) is 5.56 Å². The number of nitrogens with one attached hydrogen (secondary N) is 1. The Labute approximate surface area is 151 Å². The number of aryl methyl sites for hydroxylation is 2. The van der Waals surface area contributed by atoms with Crippen molar-refractivity contribution in [3.05, 3.63) is 51.1 Å². The Morgan fingerprint density at radius 2 is 1.73 bits per heavy atom. The van der Waals surface area contributed by atoms with E-state index < -0.39 is 11.5 Å². The molecule has 1 aromatic carbocycles. The van der Waals surface area contributed by atoms with E-state index in [9.17, 15) is 9.59 Å². The molecule has 136 valence electrons. The van der Waals surface area contributed by atoms with Crippen LogP contribution in [0.1, 0.15) is 52.4 Å². The molecule has 0 radical (unpaired) electrons.